The fraction of sp³-hybridized carbons (Fsp3) is 0.276. The molecule has 0 aliphatic carbocycles. The maximum atomic E-state index is 12.5. The summed E-state index contributed by atoms with van der Waals surface area (Å²) in [6.07, 6.45) is 2.91. The minimum atomic E-state index is -0.609. The van der Waals surface area contributed by atoms with Gasteiger partial charge in [-0.3, -0.25) is 9.59 Å². The van der Waals surface area contributed by atoms with Crippen LogP contribution in [0.25, 0.3) is 0 Å². The third-order valence-electron chi connectivity index (χ3n) is 6.20. The molecule has 0 atom stereocenters. The molecule has 0 unspecified atom stereocenters. The molecule has 4 rings (SSSR count). The first-order valence-electron chi connectivity index (χ1n) is 11.9. The maximum Gasteiger partial charge on any atom is 0.344 e. The van der Waals surface area contributed by atoms with Crippen LogP contribution in [-0.2, 0) is 20.7 Å². The Kier molecular flexibility index (Phi) is 8.28. The van der Waals surface area contributed by atoms with Gasteiger partial charge in [0.05, 0.1) is 0 Å². The average Bonchev–Trinajstić information content (AvgIpc) is 2.92. The van der Waals surface area contributed by atoms with Gasteiger partial charge in [0.1, 0.15) is 5.75 Å². The Bertz CT molecular complexity index is 1120. The summed E-state index contributed by atoms with van der Waals surface area (Å²) >= 11 is 0. The van der Waals surface area contributed by atoms with E-state index < -0.39 is 5.97 Å². The average molecular weight is 472 g/mol. The third kappa shape index (κ3) is 7.03. The molecule has 6 nitrogen and oxygen atoms in total. The van der Waals surface area contributed by atoms with Crippen molar-refractivity contribution in [2.75, 3.05) is 26.3 Å². The molecule has 0 bridgehead atoms. The van der Waals surface area contributed by atoms with E-state index in [1.807, 2.05) is 36.4 Å². The lowest BCUT2D eigenvalue weighted by Gasteiger charge is -2.32. The van der Waals surface area contributed by atoms with Crippen LogP contribution in [0.5, 0.6) is 5.75 Å². The number of nitrogens with zero attached hydrogens (tertiary/aromatic N) is 1. The number of hydrogen-bond donors (Lipinski definition) is 0. The Hall–Kier alpha value is -3.93. The number of esters is 1. The molecule has 0 radical (unpaired) electrons. The molecule has 1 fully saturated rings. The molecule has 3 aromatic rings. The van der Waals surface area contributed by atoms with Crippen molar-refractivity contribution in [3.05, 3.63) is 102 Å². The summed E-state index contributed by atoms with van der Waals surface area (Å²) in [5.74, 6) is 0.131. The van der Waals surface area contributed by atoms with Crippen LogP contribution in [0.15, 0.2) is 84.9 Å². The molecule has 0 aromatic heterocycles. The normalized spacial score (nSPS) is 13.8. The summed E-state index contributed by atoms with van der Waals surface area (Å²) in [6, 6.07) is 26.0. The first-order chi connectivity index (χ1) is 17.1. The van der Waals surface area contributed by atoms with Gasteiger partial charge in [0.25, 0.3) is 5.91 Å². The van der Waals surface area contributed by atoms with Gasteiger partial charge in [-0.15, -0.1) is 0 Å². The van der Waals surface area contributed by atoms with Crippen molar-refractivity contribution in [3.63, 3.8) is 0 Å². The second kappa shape index (κ2) is 12.0. The van der Waals surface area contributed by atoms with E-state index in [9.17, 15) is 14.4 Å². The van der Waals surface area contributed by atoms with Crippen LogP contribution in [0.2, 0.25) is 0 Å². The predicted molar refractivity (Wildman–Crippen MR) is 132 cm³/mol. The van der Waals surface area contributed by atoms with E-state index in [-0.39, 0.29) is 24.9 Å². The molecule has 0 N–H and O–H groups in total. The lowest BCUT2D eigenvalue weighted by molar-refractivity contribution is -0.154. The van der Waals surface area contributed by atoms with E-state index in [0.29, 0.717) is 35.9 Å². The minimum absolute atomic E-state index is 0.0841. The molecule has 0 saturated carbocycles. The Labute approximate surface area is 205 Å². The monoisotopic (exact) mass is 471 g/mol. The number of ether oxygens (including phenoxy) is 2. The van der Waals surface area contributed by atoms with Gasteiger partial charge in [0.2, 0.25) is 0 Å². The van der Waals surface area contributed by atoms with Crippen molar-refractivity contribution in [3.8, 4) is 5.75 Å². The molecule has 1 heterocycles. The highest BCUT2D eigenvalue weighted by atomic mass is 16.6. The lowest BCUT2D eigenvalue weighted by Crippen LogP contribution is -2.41. The molecule has 0 spiro atoms. The van der Waals surface area contributed by atoms with Crippen molar-refractivity contribution >= 4 is 17.7 Å². The lowest BCUT2D eigenvalue weighted by atomic mass is 9.90. The number of hydrogen-bond acceptors (Lipinski definition) is 5. The maximum absolute atomic E-state index is 12.5. The Morgan fingerprint density at radius 1 is 0.743 bits per heavy atom. The van der Waals surface area contributed by atoms with Gasteiger partial charge >= 0.3 is 5.97 Å². The molecule has 1 amide bonds. The fourth-order valence-corrected chi connectivity index (χ4v) is 4.21. The zero-order valence-electron chi connectivity index (χ0n) is 19.6. The number of carbonyl (C=O) groups excluding carboxylic acids is 3. The van der Waals surface area contributed by atoms with Crippen LogP contribution in [-0.4, -0.2) is 48.9 Å². The zero-order chi connectivity index (χ0) is 24.5. The van der Waals surface area contributed by atoms with Gasteiger partial charge in [-0.1, -0.05) is 60.7 Å². The Morgan fingerprint density at radius 2 is 1.34 bits per heavy atom. The van der Waals surface area contributed by atoms with Gasteiger partial charge in [-0.2, -0.15) is 0 Å². The summed E-state index contributed by atoms with van der Waals surface area (Å²) in [7, 11) is 0. The number of rotatable bonds is 9. The minimum Gasteiger partial charge on any atom is -0.482 e. The number of likely N-dealkylation sites (tertiary alicyclic amines) is 1. The van der Waals surface area contributed by atoms with Crippen molar-refractivity contribution in [1.29, 1.82) is 0 Å². The molecule has 1 aliphatic heterocycles. The second-order valence-electron chi connectivity index (χ2n) is 8.68. The van der Waals surface area contributed by atoms with Crippen LogP contribution in [0.1, 0.15) is 34.3 Å². The molecule has 180 valence electrons. The summed E-state index contributed by atoms with van der Waals surface area (Å²) in [5.41, 5.74) is 2.46. The third-order valence-corrected chi connectivity index (χ3v) is 6.20. The van der Waals surface area contributed by atoms with Crippen LogP contribution in [0.4, 0.5) is 0 Å². The summed E-state index contributed by atoms with van der Waals surface area (Å²) in [5, 5.41) is 0. The van der Waals surface area contributed by atoms with Crippen molar-refractivity contribution in [2.45, 2.75) is 19.3 Å². The Balaban J connectivity index is 1.15. The van der Waals surface area contributed by atoms with E-state index >= 15 is 0 Å². The highest BCUT2D eigenvalue weighted by Gasteiger charge is 2.23. The van der Waals surface area contributed by atoms with Crippen LogP contribution < -0.4 is 4.74 Å². The van der Waals surface area contributed by atoms with Gasteiger partial charge < -0.3 is 14.4 Å². The summed E-state index contributed by atoms with van der Waals surface area (Å²) in [6.45, 7) is 0.769. The van der Waals surface area contributed by atoms with Crippen LogP contribution in [0.3, 0.4) is 0 Å². The van der Waals surface area contributed by atoms with Gasteiger partial charge in [-0.05, 0) is 55.0 Å². The molecular formula is C29H29NO5. The first kappa shape index (κ1) is 24.2. The second-order valence-corrected chi connectivity index (χ2v) is 8.68. The number of benzene rings is 3. The standard InChI is InChI=1S/C29H29NO5/c31-27(30-17-15-23(16-18-30)19-22-7-3-1-4-8-22)20-35-28(32)21-34-26-13-11-25(12-14-26)29(33)24-9-5-2-6-10-24/h1-14,23H,15-21H2. The number of carbonyl (C=O) groups is 3. The Morgan fingerprint density at radius 3 is 2.00 bits per heavy atom. The molecule has 1 aliphatic rings. The van der Waals surface area contributed by atoms with E-state index in [2.05, 4.69) is 12.1 Å². The molecule has 35 heavy (non-hydrogen) atoms. The predicted octanol–water partition coefficient (Wildman–Crippen LogP) is 4.32. The fourth-order valence-electron chi connectivity index (χ4n) is 4.21. The van der Waals surface area contributed by atoms with E-state index in [1.165, 1.54) is 5.56 Å². The first-order valence-corrected chi connectivity index (χ1v) is 11.9. The smallest absolute Gasteiger partial charge is 0.344 e. The van der Waals surface area contributed by atoms with Crippen LogP contribution in [0, 0.1) is 5.92 Å². The SMILES string of the molecule is O=C(COc1ccc(C(=O)c2ccccc2)cc1)OCC(=O)N1CCC(Cc2ccccc2)CC1. The summed E-state index contributed by atoms with van der Waals surface area (Å²) in [4.78, 5) is 38.7. The number of piperidine rings is 1. The highest BCUT2D eigenvalue weighted by molar-refractivity contribution is 6.09. The van der Waals surface area contributed by atoms with Crippen LogP contribution >= 0.6 is 0 Å². The summed E-state index contributed by atoms with van der Waals surface area (Å²) < 4.78 is 10.6. The van der Waals surface area contributed by atoms with E-state index in [0.717, 1.165) is 19.3 Å². The highest BCUT2D eigenvalue weighted by Crippen LogP contribution is 2.22. The molecule has 6 heteroatoms. The van der Waals surface area contributed by atoms with Gasteiger partial charge in [0, 0.05) is 24.2 Å². The largest absolute Gasteiger partial charge is 0.482 e. The van der Waals surface area contributed by atoms with Gasteiger partial charge in [0.15, 0.2) is 19.0 Å². The number of amides is 1. The number of ketones is 1. The van der Waals surface area contributed by atoms with Gasteiger partial charge in [-0.25, -0.2) is 4.79 Å². The zero-order valence-corrected chi connectivity index (χ0v) is 19.6. The van der Waals surface area contributed by atoms with Crippen molar-refractivity contribution in [2.24, 2.45) is 5.92 Å². The van der Waals surface area contributed by atoms with Crippen molar-refractivity contribution < 1.29 is 23.9 Å². The van der Waals surface area contributed by atoms with Crippen molar-refractivity contribution in [1.82, 2.24) is 4.90 Å². The molecule has 3 aromatic carbocycles. The molecule has 1 saturated heterocycles. The quantitative estimate of drug-likeness (QED) is 0.343. The topological polar surface area (TPSA) is 72.9 Å². The van der Waals surface area contributed by atoms with E-state index in [1.54, 1.807) is 41.3 Å². The van der Waals surface area contributed by atoms with E-state index in [4.69, 9.17) is 9.47 Å². The molecular weight excluding hydrogens is 442 g/mol.